The number of ether oxygens (including phenoxy) is 2. The first-order valence-electron chi connectivity index (χ1n) is 6.79. The van der Waals surface area contributed by atoms with E-state index in [0.29, 0.717) is 6.04 Å². The largest absolute Gasteiger partial charge is 0.487 e. The lowest BCUT2D eigenvalue weighted by Gasteiger charge is -2.40. The molecule has 1 aromatic rings. The van der Waals surface area contributed by atoms with Crippen LogP contribution in [0.5, 0.6) is 5.75 Å². The first-order valence-corrected chi connectivity index (χ1v) is 7.58. The summed E-state index contributed by atoms with van der Waals surface area (Å²) in [5.74, 6) is 0.977. The Balaban J connectivity index is 2.27. The summed E-state index contributed by atoms with van der Waals surface area (Å²) < 4.78 is 12.5. The molecular formula is C15H22BrNO2. The van der Waals surface area contributed by atoms with Crippen molar-refractivity contribution >= 4 is 15.9 Å². The Bertz CT molecular complexity index is 438. The maximum absolute atomic E-state index is 6.23. The Morgan fingerprint density at radius 2 is 2.32 bits per heavy atom. The monoisotopic (exact) mass is 327 g/mol. The van der Waals surface area contributed by atoms with Gasteiger partial charge in [0.2, 0.25) is 0 Å². The minimum Gasteiger partial charge on any atom is -0.487 e. The average molecular weight is 328 g/mol. The molecule has 0 saturated heterocycles. The van der Waals surface area contributed by atoms with Gasteiger partial charge in [-0.15, -0.1) is 0 Å². The summed E-state index contributed by atoms with van der Waals surface area (Å²) in [6, 6.07) is 6.63. The van der Waals surface area contributed by atoms with Crippen molar-refractivity contribution in [1.29, 1.82) is 0 Å². The van der Waals surface area contributed by atoms with E-state index in [1.807, 2.05) is 0 Å². The third-order valence-electron chi connectivity index (χ3n) is 3.63. The quantitative estimate of drug-likeness (QED) is 0.894. The summed E-state index contributed by atoms with van der Waals surface area (Å²) in [6.07, 6.45) is 1.87. The smallest absolute Gasteiger partial charge is 0.126 e. The van der Waals surface area contributed by atoms with Gasteiger partial charge in [-0.3, -0.25) is 0 Å². The molecule has 2 rings (SSSR count). The molecule has 0 spiro atoms. The molecule has 2 unspecified atom stereocenters. The molecule has 0 bridgehead atoms. The van der Waals surface area contributed by atoms with Crippen molar-refractivity contribution in [3.05, 3.63) is 28.2 Å². The van der Waals surface area contributed by atoms with Gasteiger partial charge in [0, 0.05) is 42.6 Å². The van der Waals surface area contributed by atoms with Gasteiger partial charge in [0.25, 0.3) is 0 Å². The topological polar surface area (TPSA) is 30.5 Å². The minimum absolute atomic E-state index is 0.170. The Hall–Kier alpha value is -0.580. The summed E-state index contributed by atoms with van der Waals surface area (Å²) in [5, 5.41) is 3.56. The molecule has 0 radical (unpaired) electrons. The highest BCUT2D eigenvalue weighted by molar-refractivity contribution is 9.10. The summed E-state index contributed by atoms with van der Waals surface area (Å²) in [4.78, 5) is 0. The van der Waals surface area contributed by atoms with Crippen LogP contribution in [0.3, 0.4) is 0 Å². The zero-order valence-electron chi connectivity index (χ0n) is 11.8. The van der Waals surface area contributed by atoms with E-state index >= 15 is 0 Å². The van der Waals surface area contributed by atoms with Crippen LogP contribution in [0.25, 0.3) is 0 Å². The van der Waals surface area contributed by atoms with Gasteiger partial charge >= 0.3 is 0 Å². The van der Waals surface area contributed by atoms with E-state index in [-0.39, 0.29) is 5.60 Å². The second kappa shape index (κ2) is 6.25. The molecule has 0 aromatic heterocycles. The standard InChI is InChI=1S/C15H22BrNO2/c1-4-17-13-10-15(2,7-8-18-3)19-14-9-11(16)5-6-12(13)14/h5-6,9,13,17H,4,7-8,10H2,1-3H3. The first-order chi connectivity index (χ1) is 9.08. The fraction of sp³-hybridized carbons (Fsp3) is 0.600. The Morgan fingerprint density at radius 3 is 3.00 bits per heavy atom. The Kier molecular flexibility index (Phi) is 4.87. The van der Waals surface area contributed by atoms with Crippen LogP contribution in [0.1, 0.15) is 38.3 Å². The molecule has 4 heteroatoms. The zero-order valence-corrected chi connectivity index (χ0v) is 13.4. The van der Waals surface area contributed by atoms with Crippen LogP contribution in [0, 0.1) is 0 Å². The van der Waals surface area contributed by atoms with Crippen LogP contribution in [0.15, 0.2) is 22.7 Å². The lowest BCUT2D eigenvalue weighted by molar-refractivity contribution is 0.0172. The van der Waals surface area contributed by atoms with E-state index in [2.05, 4.69) is 53.3 Å². The Labute approximate surface area is 123 Å². The molecule has 3 nitrogen and oxygen atoms in total. The molecule has 0 amide bonds. The number of halogens is 1. The highest BCUT2D eigenvalue weighted by Gasteiger charge is 2.36. The van der Waals surface area contributed by atoms with Crippen molar-refractivity contribution in [1.82, 2.24) is 5.32 Å². The molecule has 106 valence electrons. The molecule has 1 N–H and O–H groups in total. The lowest BCUT2D eigenvalue weighted by Crippen LogP contribution is -2.42. The third kappa shape index (κ3) is 3.50. The van der Waals surface area contributed by atoms with Crippen molar-refractivity contribution in [2.24, 2.45) is 0 Å². The van der Waals surface area contributed by atoms with E-state index in [1.165, 1.54) is 5.56 Å². The van der Waals surface area contributed by atoms with Crippen LogP contribution >= 0.6 is 15.9 Å². The number of nitrogens with one attached hydrogen (secondary N) is 1. The summed E-state index contributed by atoms with van der Waals surface area (Å²) in [6.45, 7) is 5.99. The van der Waals surface area contributed by atoms with E-state index in [0.717, 1.165) is 36.2 Å². The minimum atomic E-state index is -0.170. The fourth-order valence-corrected chi connectivity index (χ4v) is 2.97. The third-order valence-corrected chi connectivity index (χ3v) is 4.12. The summed E-state index contributed by atoms with van der Waals surface area (Å²) in [7, 11) is 1.73. The number of methoxy groups -OCH3 is 1. The van der Waals surface area contributed by atoms with Crippen molar-refractivity contribution in [3.63, 3.8) is 0 Å². The van der Waals surface area contributed by atoms with Crippen LogP contribution < -0.4 is 10.1 Å². The normalized spacial score (nSPS) is 25.8. The fourth-order valence-electron chi connectivity index (χ4n) is 2.63. The predicted molar refractivity (Wildman–Crippen MR) is 80.7 cm³/mol. The van der Waals surface area contributed by atoms with Crippen LogP contribution in [-0.4, -0.2) is 25.9 Å². The van der Waals surface area contributed by atoms with Gasteiger partial charge in [-0.2, -0.15) is 0 Å². The van der Waals surface area contributed by atoms with Crippen molar-refractivity contribution < 1.29 is 9.47 Å². The predicted octanol–water partition coefficient (Wildman–Crippen LogP) is 3.68. The van der Waals surface area contributed by atoms with E-state index in [4.69, 9.17) is 9.47 Å². The molecule has 19 heavy (non-hydrogen) atoms. The molecule has 2 atom stereocenters. The van der Waals surface area contributed by atoms with E-state index < -0.39 is 0 Å². The molecular weight excluding hydrogens is 306 g/mol. The van der Waals surface area contributed by atoms with E-state index in [9.17, 15) is 0 Å². The van der Waals surface area contributed by atoms with E-state index in [1.54, 1.807) is 7.11 Å². The van der Waals surface area contributed by atoms with Crippen LogP contribution in [0.4, 0.5) is 0 Å². The SMILES string of the molecule is CCNC1CC(C)(CCOC)Oc2cc(Br)ccc21. The summed E-state index contributed by atoms with van der Waals surface area (Å²) in [5.41, 5.74) is 1.08. The molecule has 1 aliphatic heterocycles. The zero-order chi connectivity index (χ0) is 13.9. The van der Waals surface area contributed by atoms with Gasteiger partial charge in [-0.1, -0.05) is 28.9 Å². The van der Waals surface area contributed by atoms with Crippen molar-refractivity contribution in [3.8, 4) is 5.75 Å². The number of rotatable bonds is 5. The number of fused-ring (bicyclic) bond motifs is 1. The number of hydrogen-bond acceptors (Lipinski definition) is 3. The lowest BCUT2D eigenvalue weighted by atomic mass is 9.86. The molecule has 1 heterocycles. The number of hydrogen-bond donors (Lipinski definition) is 1. The van der Waals surface area contributed by atoms with Gasteiger partial charge in [0.05, 0.1) is 0 Å². The van der Waals surface area contributed by atoms with Gasteiger partial charge in [-0.25, -0.2) is 0 Å². The second-order valence-corrected chi connectivity index (χ2v) is 6.21. The van der Waals surface area contributed by atoms with Gasteiger partial charge in [0.1, 0.15) is 11.4 Å². The molecule has 0 saturated carbocycles. The summed E-state index contributed by atoms with van der Waals surface area (Å²) >= 11 is 3.51. The molecule has 0 fully saturated rings. The van der Waals surface area contributed by atoms with Crippen LogP contribution in [0.2, 0.25) is 0 Å². The highest BCUT2D eigenvalue weighted by atomic mass is 79.9. The van der Waals surface area contributed by atoms with Gasteiger partial charge in [0.15, 0.2) is 0 Å². The van der Waals surface area contributed by atoms with Crippen molar-refractivity contribution in [2.45, 2.75) is 38.3 Å². The highest BCUT2D eigenvalue weighted by Crippen LogP contribution is 2.42. The molecule has 1 aliphatic rings. The maximum atomic E-state index is 6.23. The second-order valence-electron chi connectivity index (χ2n) is 5.29. The average Bonchev–Trinajstić information content (AvgIpc) is 2.36. The molecule has 0 aliphatic carbocycles. The number of benzene rings is 1. The maximum Gasteiger partial charge on any atom is 0.126 e. The first kappa shape index (κ1) is 14.8. The van der Waals surface area contributed by atoms with Crippen molar-refractivity contribution in [2.75, 3.05) is 20.3 Å². The van der Waals surface area contributed by atoms with Gasteiger partial charge < -0.3 is 14.8 Å². The Morgan fingerprint density at radius 1 is 1.53 bits per heavy atom. The van der Waals surface area contributed by atoms with Gasteiger partial charge in [-0.05, 0) is 25.6 Å². The molecule has 1 aromatic carbocycles. The van der Waals surface area contributed by atoms with Crippen LogP contribution in [-0.2, 0) is 4.74 Å².